The fraction of sp³-hybridized carbons (Fsp3) is 1.00. The van der Waals surface area contributed by atoms with Gasteiger partial charge in [-0.2, -0.15) is 0 Å². The smallest absolute Gasteiger partial charge is 0.0791 e. The summed E-state index contributed by atoms with van der Waals surface area (Å²) in [6.45, 7) is 10.7. The van der Waals surface area contributed by atoms with Crippen LogP contribution in [0.4, 0.5) is 0 Å². The minimum Gasteiger partial charge on any atom is -0.396 e. The van der Waals surface area contributed by atoms with Gasteiger partial charge < -0.3 is 20.4 Å². The van der Waals surface area contributed by atoms with E-state index in [9.17, 15) is 5.11 Å². The Morgan fingerprint density at radius 2 is 1.81 bits per heavy atom. The van der Waals surface area contributed by atoms with Gasteiger partial charge in [0, 0.05) is 19.7 Å². The molecule has 0 saturated carbocycles. The molecule has 4 heteroatoms. The van der Waals surface area contributed by atoms with Gasteiger partial charge in [0.05, 0.1) is 6.10 Å². The Morgan fingerprint density at radius 1 is 1.19 bits per heavy atom. The van der Waals surface area contributed by atoms with Crippen LogP contribution < -0.4 is 5.32 Å². The highest BCUT2D eigenvalue weighted by molar-refractivity contribution is 4.66. The first-order chi connectivity index (χ1) is 7.63. The maximum Gasteiger partial charge on any atom is 0.0791 e. The largest absolute Gasteiger partial charge is 0.396 e. The van der Waals surface area contributed by atoms with E-state index in [0.717, 1.165) is 32.6 Å². The second-order valence-electron chi connectivity index (χ2n) is 4.42. The van der Waals surface area contributed by atoms with E-state index in [1.807, 2.05) is 0 Å². The summed E-state index contributed by atoms with van der Waals surface area (Å²) in [6.07, 6.45) is 0.514. The summed E-state index contributed by atoms with van der Waals surface area (Å²) < 4.78 is 0. The Bertz CT molecular complexity index is 152. The molecular weight excluding hydrogens is 204 g/mol. The van der Waals surface area contributed by atoms with Gasteiger partial charge in [0.1, 0.15) is 0 Å². The van der Waals surface area contributed by atoms with Gasteiger partial charge in [0.15, 0.2) is 0 Å². The topological polar surface area (TPSA) is 55.7 Å². The van der Waals surface area contributed by atoms with Gasteiger partial charge >= 0.3 is 0 Å². The Kier molecular flexibility index (Phi) is 9.92. The van der Waals surface area contributed by atoms with E-state index >= 15 is 0 Å². The quantitative estimate of drug-likeness (QED) is 0.507. The molecule has 0 radical (unpaired) electrons. The summed E-state index contributed by atoms with van der Waals surface area (Å²) in [4.78, 5) is 2.21. The van der Waals surface area contributed by atoms with E-state index in [1.54, 1.807) is 0 Å². The molecule has 0 aliphatic carbocycles. The van der Waals surface area contributed by atoms with Crippen LogP contribution in [0.5, 0.6) is 0 Å². The van der Waals surface area contributed by atoms with Crippen molar-refractivity contribution in [3.8, 4) is 0 Å². The number of hydrogen-bond donors (Lipinski definition) is 3. The predicted molar refractivity (Wildman–Crippen MR) is 67.5 cm³/mol. The first-order valence-electron chi connectivity index (χ1n) is 6.35. The van der Waals surface area contributed by atoms with E-state index in [4.69, 9.17) is 5.11 Å². The highest BCUT2D eigenvalue weighted by Crippen LogP contribution is 1.98. The Labute approximate surface area is 99.7 Å². The molecule has 98 valence electrons. The molecule has 0 aromatic rings. The number of rotatable bonds is 10. The van der Waals surface area contributed by atoms with Crippen molar-refractivity contribution in [1.82, 2.24) is 10.2 Å². The van der Waals surface area contributed by atoms with E-state index in [1.165, 1.54) is 0 Å². The highest BCUT2D eigenvalue weighted by atomic mass is 16.3. The van der Waals surface area contributed by atoms with Crippen LogP contribution in [0.2, 0.25) is 0 Å². The van der Waals surface area contributed by atoms with E-state index in [2.05, 4.69) is 31.0 Å². The lowest BCUT2D eigenvalue weighted by atomic mass is 10.1. The van der Waals surface area contributed by atoms with Gasteiger partial charge in [-0.05, 0) is 32.0 Å². The van der Waals surface area contributed by atoms with Crippen LogP contribution >= 0.6 is 0 Å². The summed E-state index contributed by atoms with van der Waals surface area (Å²) in [6, 6.07) is 0. The van der Waals surface area contributed by atoms with Crippen molar-refractivity contribution in [1.29, 1.82) is 0 Å². The fourth-order valence-electron chi connectivity index (χ4n) is 1.66. The van der Waals surface area contributed by atoms with Crippen molar-refractivity contribution in [3.05, 3.63) is 0 Å². The van der Waals surface area contributed by atoms with Gasteiger partial charge in [0.2, 0.25) is 0 Å². The van der Waals surface area contributed by atoms with Crippen LogP contribution in [0.25, 0.3) is 0 Å². The molecule has 0 fully saturated rings. The zero-order valence-corrected chi connectivity index (χ0v) is 10.9. The predicted octanol–water partition coefficient (Wildman–Crippen LogP) is 0.297. The van der Waals surface area contributed by atoms with E-state index < -0.39 is 0 Å². The molecule has 0 amide bonds. The molecule has 0 aliphatic rings. The first kappa shape index (κ1) is 15.8. The molecule has 0 heterocycles. The van der Waals surface area contributed by atoms with Gasteiger partial charge in [-0.3, -0.25) is 0 Å². The summed E-state index contributed by atoms with van der Waals surface area (Å²) in [5.41, 5.74) is 0. The van der Waals surface area contributed by atoms with Crippen LogP contribution in [0.3, 0.4) is 0 Å². The molecule has 4 nitrogen and oxygen atoms in total. The molecule has 0 aliphatic heterocycles. The monoisotopic (exact) mass is 232 g/mol. The highest BCUT2D eigenvalue weighted by Gasteiger charge is 2.09. The third kappa shape index (κ3) is 8.05. The van der Waals surface area contributed by atoms with Crippen LogP contribution in [0.15, 0.2) is 0 Å². The number of aliphatic hydroxyl groups excluding tert-OH is 2. The first-order valence-corrected chi connectivity index (χ1v) is 6.35. The summed E-state index contributed by atoms with van der Waals surface area (Å²) in [7, 11) is 0. The Balaban J connectivity index is 3.53. The van der Waals surface area contributed by atoms with Gasteiger partial charge in [-0.1, -0.05) is 20.8 Å². The summed E-state index contributed by atoms with van der Waals surface area (Å²) in [5, 5.41) is 21.8. The molecule has 0 rings (SSSR count). The standard InChI is InChI=1S/C12H28N2O2/c1-4-14(5-2)10-12(16)9-13-8-11(3)6-7-15/h11-13,15-16H,4-10H2,1-3H3. The lowest BCUT2D eigenvalue weighted by Crippen LogP contribution is -2.39. The van der Waals surface area contributed by atoms with E-state index in [0.29, 0.717) is 12.5 Å². The maximum atomic E-state index is 9.77. The lowest BCUT2D eigenvalue weighted by molar-refractivity contribution is 0.115. The van der Waals surface area contributed by atoms with Crippen molar-refractivity contribution in [2.75, 3.05) is 39.3 Å². The summed E-state index contributed by atoms with van der Waals surface area (Å²) >= 11 is 0. The van der Waals surface area contributed by atoms with Gasteiger partial charge in [-0.25, -0.2) is 0 Å². The maximum absolute atomic E-state index is 9.77. The average molecular weight is 232 g/mol. The number of aliphatic hydroxyl groups is 2. The molecule has 0 bridgehead atoms. The molecule has 0 aromatic carbocycles. The lowest BCUT2D eigenvalue weighted by Gasteiger charge is -2.22. The molecule has 0 spiro atoms. The molecule has 2 unspecified atom stereocenters. The SMILES string of the molecule is CCN(CC)CC(O)CNCC(C)CCO. The van der Waals surface area contributed by atoms with Crippen LogP contribution in [-0.2, 0) is 0 Å². The second-order valence-corrected chi connectivity index (χ2v) is 4.42. The van der Waals surface area contributed by atoms with Crippen LogP contribution in [0.1, 0.15) is 27.2 Å². The van der Waals surface area contributed by atoms with Gasteiger partial charge in [-0.15, -0.1) is 0 Å². The van der Waals surface area contributed by atoms with Crippen LogP contribution in [-0.4, -0.2) is 60.5 Å². The average Bonchev–Trinajstić information content (AvgIpc) is 2.26. The van der Waals surface area contributed by atoms with Gasteiger partial charge in [0.25, 0.3) is 0 Å². The molecule has 2 atom stereocenters. The third-order valence-electron chi connectivity index (χ3n) is 2.86. The molecule has 0 saturated heterocycles. The zero-order chi connectivity index (χ0) is 12.4. The van der Waals surface area contributed by atoms with Crippen molar-refractivity contribution in [2.45, 2.75) is 33.3 Å². The normalized spacial score (nSPS) is 15.4. The minimum absolute atomic E-state index is 0.241. The van der Waals surface area contributed by atoms with Crippen molar-refractivity contribution < 1.29 is 10.2 Å². The molecule has 0 aromatic heterocycles. The number of nitrogens with one attached hydrogen (secondary N) is 1. The fourth-order valence-corrected chi connectivity index (χ4v) is 1.66. The molecule has 3 N–H and O–H groups in total. The summed E-state index contributed by atoms with van der Waals surface area (Å²) in [5.74, 6) is 0.464. The number of nitrogens with zero attached hydrogens (tertiary/aromatic N) is 1. The zero-order valence-electron chi connectivity index (χ0n) is 10.9. The number of hydrogen-bond acceptors (Lipinski definition) is 4. The second kappa shape index (κ2) is 10.0. The van der Waals surface area contributed by atoms with Crippen molar-refractivity contribution >= 4 is 0 Å². The van der Waals surface area contributed by atoms with Crippen molar-refractivity contribution in [2.24, 2.45) is 5.92 Å². The minimum atomic E-state index is -0.304. The van der Waals surface area contributed by atoms with E-state index in [-0.39, 0.29) is 12.7 Å². The molecule has 16 heavy (non-hydrogen) atoms. The Morgan fingerprint density at radius 3 is 2.31 bits per heavy atom. The molecular formula is C12H28N2O2. The Hall–Kier alpha value is -0.160. The van der Waals surface area contributed by atoms with Crippen molar-refractivity contribution in [3.63, 3.8) is 0 Å². The third-order valence-corrected chi connectivity index (χ3v) is 2.86. The number of likely N-dealkylation sites (N-methyl/N-ethyl adjacent to an activating group) is 1. The van der Waals surface area contributed by atoms with Crippen LogP contribution in [0, 0.1) is 5.92 Å².